The van der Waals surface area contributed by atoms with Crippen molar-refractivity contribution in [2.45, 2.75) is 51.4 Å². The molecule has 1 aliphatic rings. The fraction of sp³-hybridized carbons (Fsp3) is 0.320. The van der Waals surface area contributed by atoms with Crippen LogP contribution in [0.15, 0.2) is 40.9 Å². The third kappa shape index (κ3) is 3.83. The highest BCUT2D eigenvalue weighted by atomic mass is 19.2. The highest BCUT2D eigenvalue weighted by Crippen LogP contribution is 2.45. The van der Waals surface area contributed by atoms with Gasteiger partial charge in [0, 0.05) is 31.2 Å². The second-order valence-electron chi connectivity index (χ2n) is 9.23. The molecule has 188 valence electrons. The van der Waals surface area contributed by atoms with Crippen LogP contribution in [0.5, 0.6) is 5.75 Å². The summed E-state index contributed by atoms with van der Waals surface area (Å²) in [5, 5.41) is 19.6. The number of aromatic nitrogens is 4. The lowest BCUT2D eigenvalue weighted by Crippen LogP contribution is -2.55. The maximum Gasteiger partial charge on any atom is 0.196 e. The monoisotopic (exact) mass is 502 g/mol. The molecule has 0 saturated carbocycles. The minimum atomic E-state index is -1.63. The Morgan fingerprint density at radius 2 is 1.78 bits per heavy atom. The molecule has 1 unspecified atom stereocenters. The zero-order valence-electron chi connectivity index (χ0n) is 19.6. The van der Waals surface area contributed by atoms with Gasteiger partial charge in [0.25, 0.3) is 0 Å². The molecule has 3 heterocycles. The predicted octanol–water partition coefficient (Wildman–Crippen LogP) is 5.30. The molecule has 11 heteroatoms. The SMILES string of the molecule is Cc1ncc(-c2ccc(-c3nnc4n3CCCC4(Oc3cc(F)c(F)c(F)c3)C(C)(C)O)cc2F)o1. The zero-order valence-corrected chi connectivity index (χ0v) is 19.6. The van der Waals surface area contributed by atoms with E-state index in [1.807, 2.05) is 0 Å². The first-order valence-corrected chi connectivity index (χ1v) is 11.2. The molecule has 1 atom stereocenters. The van der Waals surface area contributed by atoms with Crippen LogP contribution in [0, 0.1) is 30.2 Å². The molecule has 4 aromatic rings. The lowest BCUT2D eigenvalue weighted by molar-refractivity contribution is -0.137. The lowest BCUT2D eigenvalue weighted by atomic mass is 9.79. The van der Waals surface area contributed by atoms with E-state index in [1.54, 1.807) is 23.6 Å². The smallest absolute Gasteiger partial charge is 0.196 e. The predicted molar refractivity (Wildman–Crippen MR) is 120 cm³/mol. The number of aliphatic hydroxyl groups is 1. The maximum absolute atomic E-state index is 15.0. The number of hydrogen-bond acceptors (Lipinski definition) is 6. The molecular formula is C25H22F4N4O3. The van der Waals surface area contributed by atoms with Crippen molar-refractivity contribution in [2.24, 2.45) is 0 Å². The molecule has 0 amide bonds. The summed E-state index contributed by atoms with van der Waals surface area (Å²) >= 11 is 0. The van der Waals surface area contributed by atoms with Gasteiger partial charge >= 0.3 is 0 Å². The lowest BCUT2D eigenvalue weighted by Gasteiger charge is -2.44. The molecule has 0 bridgehead atoms. The van der Waals surface area contributed by atoms with E-state index in [1.165, 1.54) is 26.1 Å². The van der Waals surface area contributed by atoms with Gasteiger partial charge < -0.3 is 18.8 Å². The molecule has 7 nitrogen and oxygen atoms in total. The van der Waals surface area contributed by atoms with Crippen molar-refractivity contribution in [3.63, 3.8) is 0 Å². The molecule has 0 fully saturated rings. The van der Waals surface area contributed by atoms with Crippen LogP contribution in [0.2, 0.25) is 0 Å². The standard InChI is InChI=1S/C25H22F4N4O3/c1-13-30-12-20(35-13)16-6-5-14(9-17(16)26)22-31-32-23-25(24(2,3)34,7-4-8-33(22)23)36-15-10-18(27)21(29)19(28)11-15/h5-6,9-12,34H,4,7-8H2,1-3H3. The topological polar surface area (TPSA) is 86.2 Å². The third-order valence-corrected chi connectivity index (χ3v) is 6.37. The zero-order chi connectivity index (χ0) is 25.8. The van der Waals surface area contributed by atoms with E-state index >= 15 is 0 Å². The average Bonchev–Trinajstić information content (AvgIpc) is 3.43. The molecule has 5 rings (SSSR count). The summed E-state index contributed by atoms with van der Waals surface area (Å²) in [7, 11) is 0. The number of oxazole rings is 1. The number of rotatable bonds is 5. The highest BCUT2D eigenvalue weighted by molar-refractivity contribution is 5.65. The van der Waals surface area contributed by atoms with Crippen LogP contribution in [0.1, 0.15) is 38.4 Å². The van der Waals surface area contributed by atoms with Gasteiger partial charge in [-0.1, -0.05) is 6.07 Å². The van der Waals surface area contributed by atoms with Crippen molar-refractivity contribution in [1.29, 1.82) is 0 Å². The first-order chi connectivity index (χ1) is 17.0. The Balaban J connectivity index is 1.58. The Labute approximate surface area is 203 Å². The Morgan fingerprint density at radius 1 is 1.06 bits per heavy atom. The second-order valence-corrected chi connectivity index (χ2v) is 9.23. The first kappa shape index (κ1) is 24.0. The van der Waals surface area contributed by atoms with Crippen molar-refractivity contribution in [1.82, 2.24) is 19.7 Å². The number of aryl methyl sites for hydroxylation is 1. The van der Waals surface area contributed by atoms with E-state index in [-0.39, 0.29) is 29.3 Å². The van der Waals surface area contributed by atoms with Crippen molar-refractivity contribution in [2.75, 3.05) is 0 Å². The largest absolute Gasteiger partial charge is 0.476 e. The Bertz CT molecular complexity index is 1440. The molecule has 1 N–H and O–H groups in total. The number of benzene rings is 2. The van der Waals surface area contributed by atoms with Gasteiger partial charge in [0.2, 0.25) is 0 Å². The van der Waals surface area contributed by atoms with Crippen molar-refractivity contribution < 1.29 is 31.8 Å². The molecule has 0 spiro atoms. The van der Waals surface area contributed by atoms with Gasteiger partial charge in [0.1, 0.15) is 17.2 Å². The second kappa shape index (κ2) is 8.44. The van der Waals surface area contributed by atoms with Crippen molar-refractivity contribution in [3.8, 4) is 28.5 Å². The van der Waals surface area contributed by atoms with Crippen LogP contribution in [-0.4, -0.2) is 30.5 Å². The van der Waals surface area contributed by atoms with Gasteiger partial charge in [-0.05, 0) is 38.8 Å². The van der Waals surface area contributed by atoms with Crippen LogP contribution in [0.3, 0.4) is 0 Å². The molecule has 1 aliphatic heterocycles. The number of ether oxygens (including phenoxy) is 1. The molecule has 36 heavy (non-hydrogen) atoms. The summed E-state index contributed by atoms with van der Waals surface area (Å²) in [4.78, 5) is 3.99. The van der Waals surface area contributed by atoms with Gasteiger partial charge in [0.05, 0.1) is 11.8 Å². The van der Waals surface area contributed by atoms with E-state index in [4.69, 9.17) is 9.15 Å². The van der Waals surface area contributed by atoms with E-state index < -0.39 is 34.5 Å². The first-order valence-electron chi connectivity index (χ1n) is 11.2. The maximum atomic E-state index is 15.0. The van der Waals surface area contributed by atoms with Crippen molar-refractivity contribution in [3.05, 3.63) is 71.5 Å². The number of halogens is 4. The van der Waals surface area contributed by atoms with Crippen LogP contribution < -0.4 is 4.74 Å². The molecule has 0 saturated heterocycles. The van der Waals surface area contributed by atoms with Gasteiger partial charge in [-0.15, -0.1) is 10.2 Å². The summed E-state index contributed by atoms with van der Waals surface area (Å²) in [6.07, 6.45) is 2.14. The average molecular weight is 502 g/mol. The van der Waals surface area contributed by atoms with Crippen LogP contribution >= 0.6 is 0 Å². The number of fused-ring (bicyclic) bond motifs is 1. The molecular weight excluding hydrogens is 480 g/mol. The molecule has 2 aromatic heterocycles. The van der Waals surface area contributed by atoms with Crippen LogP contribution in [0.4, 0.5) is 17.6 Å². The summed E-state index contributed by atoms with van der Waals surface area (Å²) in [5.74, 6) is -4.15. The van der Waals surface area contributed by atoms with E-state index in [0.717, 1.165) is 0 Å². The summed E-state index contributed by atoms with van der Waals surface area (Å²) in [6, 6.07) is 5.90. The van der Waals surface area contributed by atoms with E-state index in [9.17, 15) is 22.7 Å². The summed E-state index contributed by atoms with van der Waals surface area (Å²) in [6.45, 7) is 5.03. The third-order valence-electron chi connectivity index (χ3n) is 6.37. The van der Waals surface area contributed by atoms with Gasteiger partial charge in [0.15, 0.2) is 46.4 Å². The van der Waals surface area contributed by atoms with Gasteiger partial charge in [-0.25, -0.2) is 22.5 Å². The number of nitrogens with zero attached hydrogens (tertiary/aromatic N) is 4. The fourth-order valence-corrected chi connectivity index (χ4v) is 4.56. The Hall–Kier alpha value is -3.73. The van der Waals surface area contributed by atoms with E-state index in [0.29, 0.717) is 42.4 Å². The molecule has 0 aliphatic carbocycles. The minimum absolute atomic E-state index is 0.191. The Kier molecular flexibility index (Phi) is 5.62. The van der Waals surface area contributed by atoms with E-state index in [2.05, 4.69) is 15.2 Å². The number of hydrogen-bond donors (Lipinski definition) is 1. The quantitative estimate of drug-likeness (QED) is 0.294. The van der Waals surface area contributed by atoms with Crippen LogP contribution in [-0.2, 0) is 12.1 Å². The fourth-order valence-electron chi connectivity index (χ4n) is 4.56. The normalized spacial score (nSPS) is 17.8. The Morgan fingerprint density at radius 3 is 2.39 bits per heavy atom. The molecule has 0 radical (unpaired) electrons. The highest BCUT2D eigenvalue weighted by Gasteiger charge is 2.53. The summed E-state index contributed by atoms with van der Waals surface area (Å²) in [5.41, 5.74) is -2.54. The minimum Gasteiger partial charge on any atom is -0.476 e. The summed E-state index contributed by atoms with van der Waals surface area (Å²) < 4.78 is 69.4. The molecule has 2 aromatic carbocycles. The van der Waals surface area contributed by atoms with Crippen LogP contribution in [0.25, 0.3) is 22.7 Å². The van der Waals surface area contributed by atoms with Crippen molar-refractivity contribution >= 4 is 0 Å². The van der Waals surface area contributed by atoms with Gasteiger partial charge in [-0.3, -0.25) is 0 Å². The van der Waals surface area contributed by atoms with Gasteiger partial charge in [-0.2, -0.15) is 0 Å².